The predicted molar refractivity (Wildman–Crippen MR) is 90.1 cm³/mol. The number of benzene rings is 1. The zero-order valence-corrected chi connectivity index (χ0v) is 14.7. The number of aliphatic imine (C=N–C) groups is 1. The zero-order chi connectivity index (χ0) is 13.0. The van der Waals surface area contributed by atoms with Gasteiger partial charge in [-0.1, -0.05) is 23.7 Å². The molecular formula is C13H21ClIN3. The van der Waals surface area contributed by atoms with Gasteiger partial charge in [0, 0.05) is 33.2 Å². The van der Waals surface area contributed by atoms with Crippen molar-refractivity contribution < 1.29 is 0 Å². The summed E-state index contributed by atoms with van der Waals surface area (Å²) in [6.07, 6.45) is 0. The van der Waals surface area contributed by atoms with Gasteiger partial charge >= 0.3 is 0 Å². The molecule has 18 heavy (non-hydrogen) atoms. The van der Waals surface area contributed by atoms with Crippen LogP contribution in [0.1, 0.15) is 11.1 Å². The molecule has 1 aromatic rings. The van der Waals surface area contributed by atoms with Crippen LogP contribution in [0.15, 0.2) is 23.2 Å². The highest BCUT2D eigenvalue weighted by Gasteiger charge is 2.04. The summed E-state index contributed by atoms with van der Waals surface area (Å²) < 4.78 is 0. The first-order valence-electron chi connectivity index (χ1n) is 5.56. The second-order valence-electron chi connectivity index (χ2n) is 4.49. The number of aryl methyl sites for hydroxylation is 1. The van der Waals surface area contributed by atoms with Gasteiger partial charge < -0.3 is 9.80 Å². The van der Waals surface area contributed by atoms with E-state index in [2.05, 4.69) is 11.1 Å². The molecule has 102 valence electrons. The lowest BCUT2D eigenvalue weighted by Gasteiger charge is -2.22. The number of hydrogen-bond donors (Lipinski definition) is 0. The van der Waals surface area contributed by atoms with Crippen LogP contribution in [0.25, 0.3) is 0 Å². The summed E-state index contributed by atoms with van der Waals surface area (Å²) in [6.45, 7) is 2.68. The van der Waals surface area contributed by atoms with E-state index < -0.39 is 0 Å². The van der Waals surface area contributed by atoms with Crippen molar-refractivity contribution >= 4 is 41.5 Å². The van der Waals surface area contributed by atoms with E-state index in [1.807, 2.05) is 57.0 Å². The maximum absolute atomic E-state index is 5.99. The second-order valence-corrected chi connectivity index (χ2v) is 4.90. The molecule has 0 spiro atoms. The molecule has 0 amide bonds. The van der Waals surface area contributed by atoms with Crippen LogP contribution in [-0.4, -0.2) is 44.0 Å². The minimum absolute atomic E-state index is 0. The van der Waals surface area contributed by atoms with Crippen molar-refractivity contribution in [3.63, 3.8) is 0 Å². The summed E-state index contributed by atoms with van der Waals surface area (Å²) in [6, 6.07) is 6.02. The van der Waals surface area contributed by atoms with E-state index >= 15 is 0 Å². The summed E-state index contributed by atoms with van der Waals surface area (Å²) in [5.41, 5.74) is 2.27. The van der Waals surface area contributed by atoms with Gasteiger partial charge in [0.25, 0.3) is 0 Å². The summed E-state index contributed by atoms with van der Waals surface area (Å²) >= 11 is 5.99. The van der Waals surface area contributed by atoms with Crippen molar-refractivity contribution in [2.24, 2.45) is 4.99 Å². The van der Waals surface area contributed by atoms with E-state index in [1.165, 1.54) is 5.56 Å². The third kappa shape index (κ3) is 5.02. The Hall–Kier alpha value is -0.490. The lowest BCUT2D eigenvalue weighted by atomic mass is 10.1. The third-order valence-corrected chi connectivity index (χ3v) is 2.85. The normalized spacial score (nSPS) is 9.44. The minimum atomic E-state index is 0. The van der Waals surface area contributed by atoms with Gasteiger partial charge in [-0.25, -0.2) is 4.99 Å². The molecule has 0 bridgehead atoms. The molecule has 1 aromatic carbocycles. The maximum atomic E-state index is 5.99. The Morgan fingerprint density at radius 3 is 2.17 bits per heavy atom. The lowest BCUT2D eigenvalue weighted by Crippen LogP contribution is -2.35. The van der Waals surface area contributed by atoms with E-state index in [4.69, 9.17) is 11.6 Å². The fourth-order valence-electron chi connectivity index (χ4n) is 1.65. The van der Waals surface area contributed by atoms with Gasteiger partial charge in [-0.15, -0.1) is 24.0 Å². The molecule has 0 N–H and O–H groups in total. The van der Waals surface area contributed by atoms with Crippen molar-refractivity contribution in [3.05, 3.63) is 34.3 Å². The molecule has 0 saturated heterocycles. The van der Waals surface area contributed by atoms with Crippen molar-refractivity contribution in [3.8, 4) is 0 Å². The van der Waals surface area contributed by atoms with Crippen LogP contribution in [-0.2, 0) is 6.54 Å². The van der Waals surface area contributed by atoms with Crippen LogP contribution < -0.4 is 0 Å². The monoisotopic (exact) mass is 381 g/mol. The quantitative estimate of drug-likeness (QED) is 0.445. The van der Waals surface area contributed by atoms with E-state index in [-0.39, 0.29) is 24.0 Å². The molecule has 0 atom stereocenters. The van der Waals surface area contributed by atoms with Crippen LogP contribution >= 0.6 is 35.6 Å². The fourth-order valence-corrected chi connectivity index (χ4v) is 1.77. The van der Waals surface area contributed by atoms with Crippen LogP contribution in [0.3, 0.4) is 0 Å². The summed E-state index contributed by atoms with van der Waals surface area (Å²) in [7, 11) is 7.97. The van der Waals surface area contributed by atoms with E-state index in [1.54, 1.807) is 0 Å². The number of hydrogen-bond acceptors (Lipinski definition) is 1. The van der Waals surface area contributed by atoms with Gasteiger partial charge in [-0.2, -0.15) is 0 Å². The molecule has 0 aliphatic rings. The van der Waals surface area contributed by atoms with Gasteiger partial charge in [0.15, 0.2) is 5.96 Å². The Labute approximate surface area is 132 Å². The van der Waals surface area contributed by atoms with Gasteiger partial charge in [-0.05, 0) is 24.1 Å². The molecule has 0 heterocycles. The molecule has 3 nitrogen and oxygen atoms in total. The van der Waals surface area contributed by atoms with E-state index in [9.17, 15) is 0 Å². The fraction of sp³-hybridized carbons (Fsp3) is 0.462. The molecule has 5 heteroatoms. The SMILES string of the molecule is Cc1cc(CN=C(N(C)C)N(C)C)ccc1Cl.I. The summed E-state index contributed by atoms with van der Waals surface area (Å²) in [4.78, 5) is 8.59. The van der Waals surface area contributed by atoms with Crippen molar-refractivity contribution in [2.75, 3.05) is 28.2 Å². The van der Waals surface area contributed by atoms with Crippen LogP contribution in [0.4, 0.5) is 0 Å². The van der Waals surface area contributed by atoms with E-state index in [0.717, 1.165) is 16.5 Å². The maximum Gasteiger partial charge on any atom is 0.195 e. The highest BCUT2D eigenvalue weighted by molar-refractivity contribution is 14.0. The number of halogens is 2. The Bertz CT molecular complexity index is 407. The molecule has 0 radical (unpaired) electrons. The average Bonchev–Trinajstić information content (AvgIpc) is 2.22. The smallest absolute Gasteiger partial charge is 0.195 e. The largest absolute Gasteiger partial charge is 0.349 e. The first kappa shape index (κ1) is 17.5. The van der Waals surface area contributed by atoms with Crippen LogP contribution in [0.5, 0.6) is 0 Å². The summed E-state index contributed by atoms with van der Waals surface area (Å²) in [5.74, 6) is 0.956. The average molecular weight is 382 g/mol. The standard InChI is InChI=1S/C13H20ClN3.HI/c1-10-8-11(6-7-12(10)14)9-15-13(16(2)3)17(4)5;/h6-8H,9H2,1-5H3;1H. The molecule has 0 aromatic heterocycles. The van der Waals surface area contributed by atoms with Gasteiger partial charge in [0.1, 0.15) is 0 Å². The Balaban J connectivity index is 0.00000289. The molecule has 0 unspecified atom stereocenters. The minimum Gasteiger partial charge on any atom is -0.349 e. The zero-order valence-electron chi connectivity index (χ0n) is 11.6. The molecule has 0 fully saturated rings. The predicted octanol–water partition coefficient (Wildman–Crippen LogP) is 3.25. The first-order valence-corrected chi connectivity index (χ1v) is 5.93. The topological polar surface area (TPSA) is 18.8 Å². The Morgan fingerprint density at radius 1 is 1.17 bits per heavy atom. The van der Waals surface area contributed by atoms with Crippen molar-refractivity contribution in [1.29, 1.82) is 0 Å². The lowest BCUT2D eigenvalue weighted by molar-refractivity contribution is 0.479. The van der Waals surface area contributed by atoms with Crippen LogP contribution in [0.2, 0.25) is 5.02 Å². The van der Waals surface area contributed by atoms with Crippen LogP contribution in [0, 0.1) is 6.92 Å². The number of rotatable bonds is 2. The van der Waals surface area contributed by atoms with Crippen molar-refractivity contribution in [1.82, 2.24) is 9.80 Å². The molecule has 1 rings (SSSR count). The Kier molecular flexibility index (Phi) is 7.62. The first-order chi connectivity index (χ1) is 7.91. The van der Waals surface area contributed by atoms with E-state index in [0.29, 0.717) is 6.54 Å². The second kappa shape index (κ2) is 7.84. The highest BCUT2D eigenvalue weighted by Crippen LogP contribution is 2.16. The molecule has 0 aliphatic heterocycles. The molecular weight excluding hydrogens is 361 g/mol. The van der Waals surface area contributed by atoms with Gasteiger partial charge in [0.05, 0.1) is 6.54 Å². The Morgan fingerprint density at radius 2 is 1.72 bits per heavy atom. The van der Waals surface area contributed by atoms with Gasteiger partial charge in [-0.3, -0.25) is 0 Å². The van der Waals surface area contributed by atoms with Gasteiger partial charge in [0.2, 0.25) is 0 Å². The number of nitrogens with zero attached hydrogens (tertiary/aromatic N) is 3. The molecule has 0 saturated carbocycles. The highest BCUT2D eigenvalue weighted by atomic mass is 127. The third-order valence-electron chi connectivity index (χ3n) is 2.43. The molecule has 0 aliphatic carbocycles. The van der Waals surface area contributed by atoms with Crippen molar-refractivity contribution in [2.45, 2.75) is 13.5 Å². The number of guanidine groups is 1. The summed E-state index contributed by atoms with van der Waals surface area (Å²) in [5, 5.41) is 0.804.